The van der Waals surface area contributed by atoms with Gasteiger partial charge in [-0.05, 0) is 33.6 Å². The normalized spacial score (nSPS) is 18.3. The topological polar surface area (TPSA) is 55.8 Å². The number of methoxy groups -OCH3 is 1. The molecule has 104 valence electrons. The summed E-state index contributed by atoms with van der Waals surface area (Å²) in [6.45, 7) is 5.41. The molecule has 0 aromatic heterocycles. The Morgan fingerprint density at radius 1 is 1.17 bits per heavy atom. The first-order valence-electron chi connectivity index (χ1n) is 6.28. The third kappa shape index (κ3) is 2.94. The fraction of sp³-hybridized carbons (Fsp3) is 0.846. The molecule has 0 N–H and O–H groups in total. The highest BCUT2D eigenvalue weighted by Crippen LogP contribution is 2.36. The molecule has 0 bridgehead atoms. The van der Waals surface area contributed by atoms with Gasteiger partial charge in [0.2, 0.25) is 0 Å². The third-order valence-corrected chi connectivity index (χ3v) is 3.31. The number of likely N-dealkylation sites (N-methyl/N-ethyl adjacent to an activating group) is 1. The molecule has 0 aliphatic heterocycles. The molecule has 1 aliphatic rings. The maximum Gasteiger partial charge on any atom is 0.410 e. The predicted molar refractivity (Wildman–Crippen MR) is 67.2 cm³/mol. The summed E-state index contributed by atoms with van der Waals surface area (Å²) in [6.07, 6.45) is 2.63. The van der Waals surface area contributed by atoms with Gasteiger partial charge >= 0.3 is 12.1 Å². The number of hydrogen-bond donors (Lipinski definition) is 0. The first-order valence-corrected chi connectivity index (χ1v) is 6.28. The van der Waals surface area contributed by atoms with Crippen LogP contribution in [-0.2, 0) is 14.3 Å². The molecule has 5 nitrogen and oxygen atoms in total. The molecule has 0 spiro atoms. The van der Waals surface area contributed by atoms with Crippen LogP contribution in [0.25, 0.3) is 0 Å². The number of amides is 1. The Morgan fingerprint density at radius 3 is 2.06 bits per heavy atom. The molecule has 0 aromatic carbocycles. The average Bonchev–Trinajstić information content (AvgIpc) is 2.74. The van der Waals surface area contributed by atoms with Gasteiger partial charge in [0, 0.05) is 7.05 Å². The molecule has 18 heavy (non-hydrogen) atoms. The van der Waals surface area contributed by atoms with Crippen LogP contribution in [0.15, 0.2) is 0 Å². The van der Waals surface area contributed by atoms with Crippen molar-refractivity contribution in [3.05, 3.63) is 0 Å². The lowest BCUT2D eigenvalue weighted by atomic mass is 9.96. The minimum absolute atomic E-state index is 0.353. The van der Waals surface area contributed by atoms with E-state index in [4.69, 9.17) is 9.47 Å². The van der Waals surface area contributed by atoms with Gasteiger partial charge in [-0.3, -0.25) is 4.90 Å². The van der Waals surface area contributed by atoms with Gasteiger partial charge in [0.1, 0.15) is 11.1 Å². The summed E-state index contributed by atoms with van der Waals surface area (Å²) in [6, 6.07) is 0. The van der Waals surface area contributed by atoms with Crippen LogP contribution in [0.5, 0.6) is 0 Å². The summed E-state index contributed by atoms with van der Waals surface area (Å²) in [5, 5.41) is 0. The largest absolute Gasteiger partial charge is 0.467 e. The Hall–Kier alpha value is -1.26. The van der Waals surface area contributed by atoms with Gasteiger partial charge in [0.15, 0.2) is 0 Å². The summed E-state index contributed by atoms with van der Waals surface area (Å²) in [4.78, 5) is 25.4. The first-order chi connectivity index (χ1) is 8.23. The van der Waals surface area contributed by atoms with E-state index in [0.29, 0.717) is 12.8 Å². The minimum Gasteiger partial charge on any atom is -0.467 e. The van der Waals surface area contributed by atoms with E-state index in [0.717, 1.165) is 12.8 Å². The van der Waals surface area contributed by atoms with E-state index < -0.39 is 17.2 Å². The number of esters is 1. The molecule has 0 heterocycles. The van der Waals surface area contributed by atoms with Crippen molar-refractivity contribution in [2.45, 2.75) is 57.6 Å². The van der Waals surface area contributed by atoms with Crippen LogP contribution in [0, 0.1) is 0 Å². The van der Waals surface area contributed by atoms with Gasteiger partial charge in [-0.2, -0.15) is 0 Å². The molecule has 0 atom stereocenters. The number of carbonyl (C=O) groups excluding carboxylic acids is 2. The second-order valence-electron chi connectivity index (χ2n) is 5.77. The molecule has 0 radical (unpaired) electrons. The molecule has 0 unspecified atom stereocenters. The van der Waals surface area contributed by atoms with E-state index in [9.17, 15) is 9.59 Å². The molecule has 1 amide bonds. The lowest BCUT2D eigenvalue weighted by Gasteiger charge is -2.36. The highest BCUT2D eigenvalue weighted by atomic mass is 16.6. The third-order valence-electron chi connectivity index (χ3n) is 3.31. The number of rotatable bonds is 2. The summed E-state index contributed by atoms with van der Waals surface area (Å²) < 4.78 is 10.2. The SMILES string of the molecule is COC(=O)C1(N(C)C(=O)OC(C)(C)C)CCCC1. The molecule has 1 rings (SSSR count). The average molecular weight is 257 g/mol. The molecule has 0 saturated heterocycles. The summed E-state index contributed by atoms with van der Waals surface area (Å²) in [5.41, 5.74) is -1.42. The maximum atomic E-state index is 12.1. The summed E-state index contributed by atoms with van der Waals surface area (Å²) in [5.74, 6) is -0.353. The van der Waals surface area contributed by atoms with E-state index in [-0.39, 0.29) is 5.97 Å². The monoisotopic (exact) mass is 257 g/mol. The summed E-state index contributed by atoms with van der Waals surface area (Å²) >= 11 is 0. The quantitative estimate of drug-likeness (QED) is 0.712. The van der Waals surface area contributed by atoms with E-state index >= 15 is 0 Å². The summed E-state index contributed by atoms with van der Waals surface area (Å²) in [7, 11) is 2.96. The Kier molecular flexibility index (Phi) is 4.24. The van der Waals surface area contributed by atoms with Crippen LogP contribution < -0.4 is 0 Å². The fourth-order valence-corrected chi connectivity index (χ4v) is 2.33. The van der Waals surface area contributed by atoms with Crippen molar-refractivity contribution in [2.75, 3.05) is 14.2 Å². The lowest BCUT2D eigenvalue weighted by molar-refractivity contribution is -0.153. The zero-order chi connectivity index (χ0) is 14.0. The van der Waals surface area contributed by atoms with Crippen molar-refractivity contribution in [1.29, 1.82) is 0 Å². The Balaban J connectivity index is 2.87. The van der Waals surface area contributed by atoms with Crippen molar-refractivity contribution in [2.24, 2.45) is 0 Å². The van der Waals surface area contributed by atoms with Crippen LogP contribution >= 0.6 is 0 Å². The fourth-order valence-electron chi connectivity index (χ4n) is 2.33. The highest BCUT2D eigenvalue weighted by molar-refractivity contribution is 5.86. The number of hydrogen-bond acceptors (Lipinski definition) is 4. The van der Waals surface area contributed by atoms with Gasteiger partial charge in [-0.1, -0.05) is 12.8 Å². The first kappa shape index (κ1) is 14.8. The van der Waals surface area contributed by atoms with Crippen molar-refractivity contribution < 1.29 is 19.1 Å². The minimum atomic E-state index is -0.850. The number of nitrogens with zero attached hydrogens (tertiary/aromatic N) is 1. The van der Waals surface area contributed by atoms with Crippen molar-refractivity contribution in [1.82, 2.24) is 4.90 Å². The van der Waals surface area contributed by atoms with Crippen LogP contribution in [0.4, 0.5) is 4.79 Å². The van der Waals surface area contributed by atoms with Gasteiger partial charge < -0.3 is 9.47 Å². The number of ether oxygens (including phenoxy) is 2. The number of carbonyl (C=O) groups is 2. The molecule has 1 saturated carbocycles. The Labute approximate surface area is 108 Å². The standard InChI is InChI=1S/C13H23NO4/c1-12(2,3)18-11(16)14(4)13(10(15)17-5)8-6-7-9-13/h6-9H2,1-5H3. The molecule has 0 aromatic rings. The highest BCUT2D eigenvalue weighted by Gasteiger charge is 2.48. The van der Waals surface area contributed by atoms with Gasteiger partial charge in [-0.25, -0.2) is 9.59 Å². The Bertz CT molecular complexity index is 326. The maximum absolute atomic E-state index is 12.1. The van der Waals surface area contributed by atoms with E-state index in [1.165, 1.54) is 12.0 Å². The van der Waals surface area contributed by atoms with Crippen molar-refractivity contribution >= 4 is 12.1 Å². The Morgan fingerprint density at radius 2 is 1.67 bits per heavy atom. The van der Waals surface area contributed by atoms with E-state index in [1.807, 2.05) is 0 Å². The zero-order valence-corrected chi connectivity index (χ0v) is 11.9. The second kappa shape index (κ2) is 5.16. The predicted octanol–water partition coefficient (Wildman–Crippen LogP) is 2.34. The van der Waals surface area contributed by atoms with Crippen LogP contribution in [0.3, 0.4) is 0 Å². The molecule has 1 fully saturated rings. The van der Waals surface area contributed by atoms with Crippen molar-refractivity contribution in [3.8, 4) is 0 Å². The molecular weight excluding hydrogens is 234 g/mol. The lowest BCUT2D eigenvalue weighted by Crippen LogP contribution is -2.55. The molecule has 5 heteroatoms. The van der Waals surface area contributed by atoms with Crippen LogP contribution in [0.2, 0.25) is 0 Å². The molecular formula is C13H23NO4. The van der Waals surface area contributed by atoms with Gasteiger partial charge in [-0.15, -0.1) is 0 Å². The van der Waals surface area contributed by atoms with Gasteiger partial charge in [0.05, 0.1) is 7.11 Å². The second-order valence-corrected chi connectivity index (χ2v) is 5.77. The molecule has 1 aliphatic carbocycles. The van der Waals surface area contributed by atoms with Gasteiger partial charge in [0.25, 0.3) is 0 Å². The van der Waals surface area contributed by atoms with Crippen LogP contribution in [0.1, 0.15) is 46.5 Å². The zero-order valence-electron chi connectivity index (χ0n) is 11.9. The smallest absolute Gasteiger partial charge is 0.410 e. The van der Waals surface area contributed by atoms with E-state index in [2.05, 4.69) is 0 Å². The van der Waals surface area contributed by atoms with Crippen molar-refractivity contribution in [3.63, 3.8) is 0 Å². The van der Waals surface area contributed by atoms with E-state index in [1.54, 1.807) is 27.8 Å². The van der Waals surface area contributed by atoms with Crippen LogP contribution in [-0.4, -0.2) is 42.3 Å².